The molecular weight excluding hydrogens is 364 g/mol. The molecule has 7 nitrogen and oxygen atoms in total. The molecule has 0 amide bonds. The van der Waals surface area contributed by atoms with E-state index in [2.05, 4.69) is 0 Å². The Labute approximate surface area is 163 Å². The molecule has 2 atom stereocenters. The number of ether oxygens (including phenoxy) is 4. The monoisotopic (exact) mass is 388 g/mol. The van der Waals surface area contributed by atoms with Gasteiger partial charge in [-0.15, -0.1) is 0 Å². The molecule has 150 valence electrons. The molecule has 7 heteroatoms. The smallest absolute Gasteiger partial charge is 0.203 e. The summed E-state index contributed by atoms with van der Waals surface area (Å²) < 4.78 is 21.8. The number of aliphatic hydroxyl groups is 1. The van der Waals surface area contributed by atoms with Crippen LogP contribution in [0.5, 0.6) is 28.7 Å². The second kappa shape index (κ2) is 9.66. The van der Waals surface area contributed by atoms with Gasteiger partial charge in [0.05, 0.1) is 21.3 Å². The fourth-order valence-corrected chi connectivity index (χ4v) is 2.66. The van der Waals surface area contributed by atoms with Crippen molar-refractivity contribution in [1.82, 2.24) is 0 Å². The van der Waals surface area contributed by atoms with Gasteiger partial charge >= 0.3 is 0 Å². The summed E-state index contributed by atoms with van der Waals surface area (Å²) in [6.45, 7) is 1.70. The highest BCUT2D eigenvalue weighted by Crippen LogP contribution is 2.41. The molecule has 2 rings (SSSR count). The number of carbonyl (C=O) groups excluding carboxylic acids is 1. The van der Waals surface area contributed by atoms with Crippen molar-refractivity contribution >= 4 is 12.4 Å². The van der Waals surface area contributed by atoms with Gasteiger partial charge in [-0.3, -0.25) is 4.79 Å². The predicted octanol–water partition coefficient (Wildman–Crippen LogP) is 3.13. The number of allylic oxidation sites excluding steroid dienone is 1. The van der Waals surface area contributed by atoms with Crippen molar-refractivity contribution in [2.45, 2.75) is 19.1 Å². The second-order valence-electron chi connectivity index (χ2n) is 5.95. The summed E-state index contributed by atoms with van der Waals surface area (Å²) >= 11 is 0. The summed E-state index contributed by atoms with van der Waals surface area (Å²) in [5.74, 6) is 1.35. The van der Waals surface area contributed by atoms with Gasteiger partial charge in [0.25, 0.3) is 0 Å². The zero-order valence-corrected chi connectivity index (χ0v) is 16.2. The van der Waals surface area contributed by atoms with Crippen molar-refractivity contribution in [3.8, 4) is 28.7 Å². The SMILES string of the molecule is COc1cc([C@H](O)[C@@H](C)Oc2c(OC)cc(/C=C\C=O)cc2OC)ccc1O. The van der Waals surface area contributed by atoms with Gasteiger partial charge in [-0.05, 0) is 48.4 Å². The molecule has 2 N–H and O–H groups in total. The molecule has 0 aliphatic carbocycles. The van der Waals surface area contributed by atoms with Crippen LogP contribution in [0, 0.1) is 0 Å². The Morgan fingerprint density at radius 3 is 2.11 bits per heavy atom. The number of hydrogen-bond donors (Lipinski definition) is 2. The number of hydrogen-bond acceptors (Lipinski definition) is 7. The van der Waals surface area contributed by atoms with Gasteiger partial charge in [0.1, 0.15) is 18.5 Å². The zero-order chi connectivity index (χ0) is 20.7. The third-order valence-corrected chi connectivity index (χ3v) is 4.14. The number of aromatic hydroxyl groups is 1. The average Bonchev–Trinajstić information content (AvgIpc) is 2.72. The van der Waals surface area contributed by atoms with Crippen LogP contribution >= 0.6 is 0 Å². The molecule has 0 heterocycles. The van der Waals surface area contributed by atoms with E-state index in [1.165, 1.54) is 33.5 Å². The molecule has 0 aliphatic rings. The Kier molecular flexibility index (Phi) is 7.28. The molecule has 2 aromatic carbocycles. The first-order valence-corrected chi connectivity index (χ1v) is 8.54. The second-order valence-corrected chi connectivity index (χ2v) is 5.95. The highest BCUT2D eigenvalue weighted by atomic mass is 16.5. The summed E-state index contributed by atoms with van der Waals surface area (Å²) in [6.07, 6.45) is 1.97. The molecule has 0 radical (unpaired) electrons. The van der Waals surface area contributed by atoms with Crippen LogP contribution in [0.3, 0.4) is 0 Å². The zero-order valence-electron chi connectivity index (χ0n) is 16.2. The highest BCUT2D eigenvalue weighted by Gasteiger charge is 2.23. The Morgan fingerprint density at radius 2 is 1.57 bits per heavy atom. The summed E-state index contributed by atoms with van der Waals surface area (Å²) in [6, 6.07) is 7.96. The van der Waals surface area contributed by atoms with Crippen LogP contribution in [0.15, 0.2) is 36.4 Å². The minimum Gasteiger partial charge on any atom is -0.504 e. The molecule has 0 aromatic heterocycles. The van der Waals surface area contributed by atoms with Gasteiger partial charge in [0.15, 0.2) is 23.0 Å². The number of aliphatic hydroxyl groups excluding tert-OH is 1. The molecule has 0 saturated heterocycles. The first-order valence-electron chi connectivity index (χ1n) is 8.54. The van der Waals surface area contributed by atoms with Gasteiger partial charge < -0.3 is 29.2 Å². The van der Waals surface area contributed by atoms with Gasteiger partial charge in [-0.2, -0.15) is 0 Å². The Bertz CT molecular complexity index is 820. The number of phenolic OH excluding ortho intramolecular Hbond substituents is 1. The van der Waals surface area contributed by atoms with Crippen LogP contribution in [0.2, 0.25) is 0 Å². The van der Waals surface area contributed by atoms with Crippen molar-refractivity contribution in [2.75, 3.05) is 21.3 Å². The van der Waals surface area contributed by atoms with E-state index in [1.807, 2.05) is 0 Å². The minimum atomic E-state index is -1.00. The van der Waals surface area contributed by atoms with Crippen LogP contribution < -0.4 is 18.9 Å². The van der Waals surface area contributed by atoms with E-state index < -0.39 is 12.2 Å². The van der Waals surface area contributed by atoms with E-state index in [-0.39, 0.29) is 11.5 Å². The average molecular weight is 388 g/mol. The van der Waals surface area contributed by atoms with Gasteiger partial charge in [0.2, 0.25) is 5.75 Å². The van der Waals surface area contributed by atoms with E-state index in [9.17, 15) is 15.0 Å². The maximum absolute atomic E-state index is 10.7. The van der Waals surface area contributed by atoms with Crippen molar-refractivity contribution in [2.24, 2.45) is 0 Å². The van der Waals surface area contributed by atoms with Crippen molar-refractivity contribution < 1.29 is 34.0 Å². The molecule has 0 saturated carbocycles. The van der Waals surface area contributed by atoms with Crippen LogP contribution in [0.4, 0.5) is 0 Å². The van der Waals surface area contributed by atoms with Gasteiger partial charge in [0, 0.05) is 0 Å². The molecular formula is C21H24O7. The molecule has 0 fully saturated rings. The highest BCUT2D eigenvalue weighted by molar-refractivity contribution is 5.75. The fraction of sp³-hybridized carbons (Fsp3) is 0.286. The molecule has 0 spiro atoms. The van der Waals surface area contributed by atoms with Crippen molar-refractivity contribution in [3.63, 3.8) is 0 Å². The summed E-state index contributed by atoms with van der Waals surface area (Å²) in [5, 5.41) is 20.4. The first-order chi connectivity index (χ1) is 13.4. The number of methoxy groups -OCH3 is 3. The third kappa shape index (κ3) is 4.75. The topological polar surface area (TPSA) is 94.5 Å². The van der Waals surface area contributed by atoms with Crippen molar-refractivity contribution in [1.29, 1.82) is 0 Å². The Balaban J connectivity index is 2.32. The lowest BCUT2D eigenvalue weighted by Gasteiger charge is -2.24. The summed E-state index contributed by atoms with van der Waals surface area (Å²) in [7, 11) is 4.41. The first kappa shape index (κ1) is 21.1. The van der Waals surface area contributed by atoms with Gasteiger partial charge in [-0.25, -0.2) is 0 Å². The number of aldehydes is 1. The summed E-state index contributed by atoms with van der Waals surface area (Å²) in [4.78, 5) is 10.5. The Hall–Kier alpha value is -3.19. The minimum absolute atomic E-state index is 0.0191. The lowest BCUT2D eigenvalue weighted by atomic mass is 10.0. The van der Waals surface area contributed by atoms with E-state index in [1.54, 1.807) is 37.3 Å². The van der Waals surface area contributed by atoms with E-state index in [4.69, 9.17) is 18.9 Å². The number of benzene rings is 2. The Morgan fingerprint density at radius 1 is 0.964 bits per heavy atom. The van der Waals surface area contributed by atoms with Crippen LogP contribution in [-0.2, 0) is 4.79 Å². The quantitative estimate of drug-likeness (QED) is 0.503. The maximum atomic E-state index is 10.7. The van der Waals surface area contributed by atoms with Crippen LogP contribution in [-0.4, -0.2) is 43.9 Å². The number of rotatable bonds is 9. The predicted molar refractivity (Wildman–Crippen MR) is 104 cm³/mol. The van der Waals surface area contributed by atoms with Crippen LogP contribution in [0.25, 0.3) is 6.08 Å². The molecule has 0 bridgehead atoms. The lowest BCUT2D eigenvalue weighted by molar-refractivity contribution is -0.104. The lowest BCUT2D eigenvalue weighted by Crippen LogP contribution is -2.22. The molecule has 0 unspecified atom stereocenters. The molecule has 0 aliphatic heterocycles. The largest absolute Gasteiger partial charge is 0.504 e. The number of carbonyl (C=O) groups is 1. The number of phenols is 1. The molecule has 2 aromatic rings. The van der Waals surface area contributed by atoms with E-state index in [0.29, 0.717) is 34.7 Å². The standard InChI is InChI=1S/C21H24O7/c1-13(20(24)15-7-8-16(23)17(12-15)25-2)28-21-18(26-3)10-14(6-5-9-22)11-19(21)27-4/h5-13,20,23-24H,1-4H3/b6-5-/t13-,20-/m1/s1. The third-order valence-electron chi connectivity index (χ3n) is 4.14. The summed E-state index contributed by atoms with van der Waals surface area (Å²) in [5.41, 5.74) is 1.22. The molecule has 28 heavy (non-hydrogen) atoms. The van der Waals surface area contributed by atoms with E-state index >= 15 is 0 Å². The van der Waals surface area contributed by atoms with Crippen molar-refractivity contribution in [3.05, 3.63) is 47.5 Å². The normalized spacial score (nSPS) is 13.0. The maximum Gasteiger partial charge on any atom is 0.203 e. The van der Waals surface area contributed by atoms with E-state index in [0.717, 1.165) is 0 Å². The fourth-order valence-electron chi connectivity index (χ4n) is 2.66. The van der Waals surface area contributed by atoms with Crippen LogP contribution in [0.1, 0.15) is 24.2 Å². The van der Waals surface area contributed by atoms with Gasteiger partial charge in [-0.1, -0.05) is 12.1 Å².